The van der Waals surface area contributed by atoms with E-state index in [1.165, 1.54) is 26.4 Å². The van der Waals surface area contributed by atoms with Crippen LogP contribution in [-0.2, 0) is 14.3 Å². The summed E-state index contributed by atoms with van der Waals surface area (Å²) in [5, 5.41) is 18.4. The minimum absolute atomic E-state index is 0.0367. The van der Waals surface area contributed by atoms with Crippen molar-refractivity contribution in [1.29, 1.82) is 5.26 Å². The minimum Gasteiger partial charge on any atom is -0.504 e. The predicted molar refractivity (Wildman–Crippen MR) is 80.2 cm³/mol. The standard InChI is InChI=1S/C16H17NO5/c1-20-8-9-22-16(19)13(11-17)5-3-4-12-6-7-14(18)15(10-12)21-2/h3-7,10,18H,8-9H2,1-2H3/b4-3+,13-5+. The number of hydrogen-bond donors (Lipinski definition) is 1. The van der Waals surface area contributed by atoms with E-state index in [1.54, 1.807) is 30.4 Å². The molecule has 0 aromatic heterocycles. The van der Waals surface area contributed by atoms with Gasteiger partial charge in [0.15, 0.2) is 11.5 Å². The van der Waals surface area contributed by atoms with Crippen molar-refractivity contribution in [1.82, 2.24) is 0 Å². The molecule has 1 N–H and O–H groups in total. The lowest BCUT2D eigenvalue weighted by Gasteiger charge is -2.03. The van der Waals surface area contributed by atoms with Gasteiger partial charge in [-0.15, -0.1) is 0 Å². The van der Waals surface area contributed by atoms with Gasteiger partial charge < -0.3 is 19.3 Å². The molecule has 0 fully saturated rings. The molecule has 0 spiro atoms. The second-order valence-corrected chi connectivity index (χ2v) is 4.11. The molecular formula is C16H17NO5. The number of benzene rings is 1. The summed E-state index contributed by atoms with van der Waals surface area (Å²) < 4.78 is 14.6. The molecule has 116 valence electrons. The summed E-state index contributed by atoms with van der Waals surface area (Å²) in [4.78, 5) is 11.6. The topological polar surface area (TPSA) is 88.8 Å². The van der Waals surface area contributed by atoms with Gasteiger partial charge in [-0.1, -0.05) is 18.2 Å². The van der Waals surface area contributed by atoms with Crippen LogP contribution < -0.4 is 4.74 Å². The molecule has 0 amide bonds. The Morgan fingerprint density at radius 1 is 1.36 bits per heavy atom. The molecule has 0 saturated heterocycles. The molecule has 6 heteroatoms. The maximum atomic E-state index is 11.6. The number of ether oxygens (including phenoxy) is 3. The zero-order valence-electron chi connectivity index (χ0n) is 12.4. The Balaban J connectivity index is 2.75. The van der Waals surface area contributed by atoms with Crippen LogP contribution in [0.3, 0.4) is 0 Å². The van der Waals surface area contributed by atoms with Crippen molar-refractivity contribution in [2.75, 3.05) is 27.4 Å². The number of hydrogen-bond acceptors (Lipinski definition) is 6. The molecule has 1 aromatic carbocycles. The van der Waals surface area contributed by atoms with Crippen molar-refractivity contribution < 1.29 is 24.1 Å². The van der Waals surface area contributed by atoms with Gasteiger partial charge in [0, 0.05) is 7.11 Å². The Morgan fingerprint density at radius 3 is 2.77 bits per heavy atom. The number of carbonyl (C=O) groups excluding carboxylic acids is 1. The Morgan fingerprint density at radius 2 is 2.14 bits per heavy atom. The lowest BCUT2D eigenvalue weighted by atomic mass is 10.1. The van der Waals surface area contributed by atoms with E-state index in [2.05, 4.69) is 0 Å². The molecule has 0 unspecified atom stereocenters. The van der Waals surface area contributed by atoms with Gasteiger partial charge in [-0.3, -0.25) is 0 Å². The van der Waals surface area contributed by atoms with E-state index in [0.29, 0.717) is 5.75 Å². The van der Waals surface area contributed by atoms with E-state index in [1.807, 2.05) is 0 Å². The van der Waals surface area contributed by atoms with Gasteiger partial charge in [0.25, 0.3) is 0 Å². The highest BCUT2D eigenvalue weighted by molar-refractivity contribution is 5.93. The maximum absolute atomic E-state index is 11.6. The normalized spacial score (nSPS) is 11.2. The first-order chi connectivity index (χ1) is 10.6. The first-order valence-corrected chi connectivity index (χ1v) is 6.44. The number of methoxy groups -OCH3 is 2. The Hall–Kier alpha value is -2.78. The second-order valence-electron chi connectivity index (χ2n) is 4.11. The number of phenols is 1. The molecule has 0 heterocycles. The molecule has 6 nitrogen and oxygen atoms in total. The van der Waals surface area contributed by atoms with Crippen LogP contribution in [0.5, 0.6) is 11.5 Å². The van der Waals surface area contributed by atoms with E-state index in [9.17, 15) is 9.90 Å². The number of phenolic OH excluding ortho intramolecular Hbond substituents is 1. The van der Waals surface area contributed by atoms with Gasteiger partial charge >= 0.3 is 5.97 Å². The molecule has 0 aliphatic carbocycles. The number of nitrogens with zero attached hydrogens (tertiary/aromatic N) is 1. The van der Waals surface area contributed by atoms with Gasteiger partial charge in [0.1, 0.15) is 18.2 Å². The first-order valence-electron chi connectivity index (χ1n) is 6.44. The smallest absolute Gasteiger partial charge is 0.348 e. The Kier molecular flexibility index (Phi) is 7.23. The largest absolute Gasteiger partial charge is 0.504 e. The fourth-order valence-electron chi connectivity index (χ4n) is 1.50. The SMILES string of the molecule is COCCOC(=O)/C(C#N)=C/C=C/c1ccc(O)c(OC)c1. The summed E-state index contributed by atoms with van der Waals surface area (Å²) in [5.74, 6) is -0.326. The maximum Gasteiger partial charge on any atom is 0.348 e. The third-order valence-electron chi connectivity index (χ3n) is 2.62. The Labute approximate surface area is 128 Å². The van der Waals surface area contributed by atoms with Crippen molar-refractivity contribution in [2.45, 2.75) is 0 Å². The summed E-state index contributed by atoms with van der Waals surface area (Å²) in [6.45, 7) is 0.362. The predicted octanol–water partition coefficient (Wildman–Crippen LogP) is 2.05. The second kappa shape index (κ2) is 9.21. The lowest BCUT2D eigenvalue weighted by molar-refractivity contribution is -0.139. The number of allylic oxidation sites excluding steroid dienone is 2. The van der Waals surface area contributed by atoms with Gasteiger partial charge in [-0.25, -0.2) is 4.79 Å². The highest BCUT2D eigenvalue weighted by Gasteiger charge is 2.08. The molecule has 0 aliphatic heterocycles. The third kappa shape index (κ3) is 5.31. The van der Waals surface area contributed by atoms with Crippen LogP contribution in [0.2, 0.25) is 0 Å². The van der Waals surface area contributed by atoms with E-state index >= 15 is 0 Å². The molecule has 0 radical (unpaired) electrons. The van der Waals surface area contributed by atoms with E-state index < -0.39 is 5.97 Å². The first kappa shape index (κ1) is 17.3. The highest BCUT2D eigenvalue weighted by Crippen LogP contribution is 2.26. The quantitative estimate of drug-likeness (QED) is 0.273. The summed E-state index contributed by atoms with van der Waals surface area (Å²) in [6.07, 6.45) is 4.57. The van der Waals surface area contributed by atoms with Crippen LogP contribution >= 0.6 is 0 Å². The molecule has 0 bridgehead atoms. The van der Waals surface area contributed by atoms with Crippen LogP contribution in [0.15, 0.2) is 35.9 Å². The van der Waals surface area contributed by atoms with Crippen molar-refractivity contribution in [3.8, 4) is 17.6 Å². The molecule has 1 aromatic rings. The highest BCUT2D eigenvalue weighted by atomic mass is 16.6. The number of carbonyl (C=O) groups is 1. The molecule has 0 atom stereocenters. The summed E-state index contributed by atoms with van der Waals surface area (Å²) >= 11 is 0. The van der Waals surface area contributed by atoms with Crippen LogP contribution in [0.1, 0.15) is 5.56 Å². The van der Waals surface area contributed by atoms with E-state index in [4.69, 9.17) is 19.5 Å². The minimum atomic E-state index is -0.701. The molecule has 0 aliphatic rings. The van der Waals surface area contributed by atoms with Crippen LogP contribution in [0.25, 0.3) is 6.08 Å². The molecular weight excluding hydrogens is 286 g/mol. The fraction of sp³-hybridized carbons (Fsp3) is 0.250. The monoisotopic (exact) mass is 303 g/mol. The third-order valence-corrected chi connectivity index (χ3v) is 2.62. The number of esters is 1. The van der Waals surface area contributed by atoms with Crippen molar-refractivity contribution in [2.24, 2.45) is 0 Å². The number of aromatic hydroxyl groups is 1. The van der Waals surface area contributed by atoms with E-state index in [0.717, 1.165) is 5.56 Å². The average Bonchev–Trinajstić information content (AvgIpc) is 2.53. The van der Waals surface area contributed by atoms with Crippen molar-refractivity contribution in [3.63, 3.8) is 0 Å². The van der Waals surface area contributed by atoms with Crippen LogP contribution in [0, 0.1) is 11.3 Å². The van der Waals surface area contributed by atoms with Gasteiger partial charge in [0.2, 0.25) is 0 Å². The van der Waals surface area contributed by atoms with Crippen LogP contribution in [-0.4, -0.2) is 38.5 Å². The number of rotatable bonds is 7. The van der Waals surface area contributed by atoms with Gasteiger partial charge in [0.05, 0.1) is 13.7 Å². The Bertz CT molecular complexity index is 613. The zero-order chi connectivity index (χ0) is 16.4. The fourth-order valence-corrected chi connectivity index (χ4v) is 1.50. The van der Waals surface area contributed by atoms with Gasteiger partial charge in [-0.05, 0) is 23.8 Å². The molecule has 0 saturated carbocycles. The zero-order valence-corrected chi connectivity index (χ0v) is 12.4. The molecule has 1 rings (SSSR count). The average molecular weight is 303 g/mol. The summed E-state index contributed by atoms with van der Waals surface area (Å²) in [5.41, 5.74) is 0.633. The lowest BCUT2D eigenvalue weighted by Crippen LogP contribution is -2.10. The summed E-state index contributed by atoms with van der Waals surface area (Å²) in [6, 6.07) is 6.57. The van der Waals surface area contributed by atoms with E-state index in [-0.39, 0.29) is 24.5 Å². The van der Waals surface area contributed by atoms with Crippen molar-refractivity contribution >= 4 is 12.0 Å². The summed E-state index contributed by atoms with van der Waals surface area (Å²) in [7, 11) is 2.94. The van der Waals surface area contributed by atoms with Gasteiger partial charge in [-0.2, -0.15) is 5.26 Å². The van der Waals surface area contributed by atoms with Crippen LogP contribution in [0.4, 0.5) is 0 Å². The number of nitriles is 1. The van der Waals surface area contributed by atoms with Crippen molar-refractivity contribution in [3.05, 3.63) is 41.5 Å². The molecule has 22 heavy (non-hydrogen) atoms.